The predicted octanol–water partition coefficient (Wildman–Crippen LogP) is 2.08. The van der Waals surface area contributed by atoms with Gasteiger partial charge in [-0.2, -0.15) is 0 Å². The number of hydrogen-bond acceptors (Lipinski definition) is 3. The van der Waals surface area contributed by atoms with Crippen molar-refractivity contribution in [3.8, 4) is 5.75 Å². The molecule has 0 heterocycles. The first-order valence-corrected chi connectivity index (χ1v) is 5.70. The molecule has 1 aliphatic carbocycles. The molecule has 3 N–H and O–H groups in total. The smallest absolute Gasteiger partial charge is 0.305 e. The molecule has 94 valence electrons. The Balaban J connectivity index is 2.00. The number of para-hydroxylation sites is 1. The third-order valence-corrected chi connectivity index (χ3v) is 2.72. The Labute approximate surface area is 105 Å². The summed E-state index contributed by atoms with van der Waals surface area (Å²) in [4.78, 5) is 10.7. The Kier molecular flexibility index (Phi) is 3.48. The minimum atomic E-state index is -0.900. The second kappa shape index (κ2) is 5.06. The Hall–Kier alpha value is -2.07. The van der Waals surface area contributed by atoms with Gasteiger partial charge in [0.2, 0.25) is 0 Å². The van der Waals surface area contributed by atoms with Crippen LogP contribution < -0.4 is 10.5 Å². The van der Waals surface area contributed by atoms with Gasteiger partial charge in [0.15, 0.2) is 0 Å². The molecule has 0 fully saturated rings. The first kappa shape index (κ1) is 12.4. The van der Waals surface area contributed by atoms with Crippen LogP contribution in [0.3, 0.4) is 0 Å². The van der Waals surface area contributed by atoms with Crippen LogP contribution in [0.5, 0.6) is 5.75 Å². The van der Waals surface area contributed by atoms with Gasteiger partial charge in [-0.25, -0.2) is 0 Å². The van der Waals surface area contributed by atoms with Crippen LogP contribution in [0.1, 0.15) is 12.8 Å². The standard InChI is InChI=1S/C14H15NO3/c15-14(10-13(16)17)8-6-12(7-9-14)18-11-4-2-1-3-5-11/h1-8H,9-10,15H2,(H,16,17). The van der Waals surface area contributed by atoms with Gasteiger partial charge in [0, 0.05) is 5.54 Å². The van der Waals surface area contributed by atoms with Crippen molar-refractivity contribution in [2.75, 3.05) is 0 Å². The Morgan fingerprint density at radius 1 is 1.39 bits per heavy atom. The molecule has 1 aliphatic rings. The number of ether oxygens (including phenoxy) is 1. The van der Waals surface area contributed by atoms with E-state index < -0.39 is 11.5 Å². The fourth-order valence-corrected chi connectivity index (χ4v) is 1.79. The van der Waals surface area contributed by atoms with E-state index in [1.807, 2.05) is 36.4 Å². The van der Waals surface area contributed by atoms with Gasteiger partial charge >= 0.3 is 5.97 Å². The minimum Gasteiger partial charge on any atom is -0.481 e. The van der Waals surface area contributed by atoms with Crippen molar-refractivity contribution in [2.24, 2.45) is 5.73 Å². The number of aliphatic carboxylic acids is 1. The Morgan fingerprint density at radius 2 is 2.11 bits per heavy atom. The molecule has 0 aliphatic heterocycles. The molecule has 0 spiro atoms. The second-order valence-corrected chi connectivity index (χ2v) is 4.36. The number of benzene rings is 1. The van der Waals surface area contributed by atoms with E-state index in [2.05, 4.69) is 0 Å². The summed E-state index contributed by atoms with van der Waals surface area (Å²) in [6.07, 6.45) is 5.60. The van der Waals surface area contributed by atoms with Crippen molar-refractivity contribution in [1.82, 2.24) is 0 Å². The van der Waals surface area contributed by atoms with Gasteiger partial charge in [-0.15, -0.1) is 0 Å². The zero-order chi connectivity index (χ0) is 13.0. The van der Waals surface area contributed by atoms with Gasteiger partial charge in [0.25, 0.3) is 0 Å². The maximum atomic E-state index is 10.7. The van der Waals surface area contributed by atoms with Crippen molar-refractivity contribution in [3.05, 3.63) is 54.3 Å². The predicted molar refractivity (Wildman–Crippen MR) is 68.1 cm³/mol. The molecule has 4 nitrogen and oxygen atoms in total. The lowest BCUT2D eigenvalue weighted by atomic mass is 9.88. The number of rotatable bonds is 4. The van der Waals surface area contributed by atoms with E-state index in [-0.39, 0.29) is 6.42 Å². The summed E-state index contributed by atoms with van der Waals surface area (Å²) in [5.74, 6) is 0.534. The highest BCUT2D eigenvalue weighted by Gasteiger charge is 2.26. The zero-order valence-electron chi connectivity index (χ0n) is 9.87. The molecule has 4 heteroatoms. The molecule has 1 atom stereocenters. The summed E-state index contributed by atoms with van der Waals surface area (Å²) in [5, 5.41) is 8.77. The fraction of sp³-hybridized carbons (Fsp3) is 0.214. The molecule has 1 aromatic carbocycles. The maximum Gasteiger partial charge on any atom is 0.305 e. The summed E-state index contributed by atoms with van der Waals surface area (Å²) in [5.41, 5.74) is 5.14. The number of hydrogen-bond donors (Lipinski definition) is 2. The molecule has 1 aromatic rings. The van der Waals surface area contributed by atoms with E-state index in [0.717, 1.165) is 5.75 Å². The summed E-state index contributed by atoms with van der Waals surface area (Å²) < 4.78 is 5.62. The van der Waals surface area contributed by atoms with Crippen molar-refractivity contribution >= 4 is 5.97 Å². The third kappa shape index (κ3) is 3.21. The van der Waals surface area contributed by atoms with Gasteiger partial charge in [-0.3, -0.25) is 4.79 Å². The first-order chi connectivity index (χ1) is 8.57. The van der Waals surface area contributed by atoms with E-state index in [4.69, 9.17) is 15.6 Å². The molecule has 2 rings (SSSR count). The van der Waals surface area contributed by atoms with E-state index >= 15 is 0 Å². The number of allylic oxidation sites excluding steroid dienone is 1. The second-order valence-electron chi connectivity index (χ2n) is 4.36. The highest BCUT2D eigenvalue weighted by Crippen LogP contribution is 2.24. The van der Waals surface area contributed by atoms with Crippen molar-refractivity contribution < 1.29 is 14.6 Å². The van der Waals surface area contributed by atoms with E-state index in [9.17, 15) is 4.79 Å². The van der Waals surface area contributed by atoms with Crippen molar-refractivity contribution in [2.45, 2.75) is 18.4 Å². The summed E-state index contributed by atoms with van der Waals surface area (Å²) in [6.45, 7) is 0. The number of carbonyl (C=O) groups is 1. The van der Waals surface area contributed by atoms with E-state index in [0.29, 0.717) is 12.2 Å². The van der Waals surface area contributed by atoms with Crippen LogP contribution in [0, 0.1) is 0 Å². The molecule has 0 radical (unpaired) electrons. The van der Waals surface area contributed by atoms with Crippen LogP contribution >= 0.6 is 0 Å². The largest absolute Gasteiger partial charge is 0.481 e. The maximum absolute atomic E-state index is 10.7. The summed E-state index contributed by atoms with van der Waals surface area (Å²) in [7, 11) is 0. The third-order valence-electron chi connectivity index (χ3n) is 2.72. The molecular formula is C14H15NO3. The van der Waals surface area contributed by atoms with Crippen LogP contribution in [-0.4, -0.2) is 16.6 Å². The molecule has 0 saturated carbocycles. The number of carboxylic acid groups (broad SMARTS) is 1. The van der Waals surface area contributed by atoms with Crippen molar-refractivity contribution in [1.29, 1.82) is 0 Å². The van der Waals surface area contributed by atoms with Crippen LogP contribution in [0.25, 0.3) is 0 Å². The highest BCUT2D eigenvalue weighted by atomic mass is 16.5. The lowest BCUT2D eigenvalue weighted by Crippen LogP contribution is -2.40. The average Bonchev–Trinajstić information content (AvgIpc) is 2.33. The molecule has 0 amide bonds. The zero-order valence-corrected chi connectivity index (χ0v) is 9.87. The van der Waals surface area contributed by atoms with Crippen molar-refractivity contribution in [3.63, 3.8) is 0 Å². The summed E-state index contributed by atoms with van der Waals surface area (Å²) >= 11 is 0. The Morgan fingerprint density at radius 3 is 2.67 bits per heavy atom. The van der Waals surface area contributed by atoms with Gasteiger partial charge in [-0.1, -0.05) is 24.3 Å². The first-order valence-electron chi connectivity index (χ1n) is 5.70. The van der Waals surface area contributed by atoms with Crippen LogP contribution in [0.2, 0.25) is 0 Å². The molecule has 18 heavy (non-hydrogen) atoms. The van der Waals surface area contributed by atoms with E-state index in [1.165, 1.54) is 0 Å². The van der Waals surface area contributed by atoms with E-state index in [1.54, 1.807) is 12.2 Å². The normalized spacial score (nSPS) is 22.4. The molecule has 0 saturated heterocycles. The lowest BCUT2D eigenvalue weighted by molar-refractivity contribution is -0.137. The van der Waals surface area contributed by atoms with Gasteiger partial charge in [0.05, 0.1) is 6.42 Å². The molecule has 1 unspecified atom stereocenters. The average molecular weight is 245 g/mol. The number of nitrogens with two attached hydrogens (primary N) is 1. The van der Waals surface area contributed by atoms with Crippen LogP contribution in [0.15, 0.2) is 54.3 Å². The number of carboxylic acids is 1. The SMILES string of the molecule is NC1(CC(=O)O)C=CC(Oc2ccccc2)=CC1. The van der Waals surface area contributed by atoms with Gasteiger partial charge in [0.1, 0.15) is 11.5 Å². The minimum absolute atomic E-state index is 0.0847. The topological polar surface area (TPSA) is 72.6 Å². The summed E-state index contributed by atoms with van der Waals surface area (Å²) in [6, 6.07) is 9.41. The molecular weight excluding hydrogens is 230 g/mol. The molecule has 0 bridgehead atoms. The lowest BCUT2D eigenvalue weighted by Gasteiger charge is -2.25. The van der Waals surface area contributed by atoms with Gasteiger partial charge < -0.3 is 15.6 Å². The van der Waals surface area contributed by atoms with Crippen LogP contribution in [0.4, 0.5) is 0 Å². The quantitative estimate of drug-likeness (QED) is 0.851. The monoisotopic (exact) mass is 245 g/mol. The molecule has 0 aromatic heterocycles. The van der Waals surface area contributed by atoms with Crippen LogP contribution in [-0.2, 0) is 4.79 Å². The fourth-order valence-electron chi connectivity index (χ4n) is 1.79. The van der Waals surface area contributed by atoms with Gasteiger partial charge in [-0.05, 0) is 30.7 Å². The highest BCUT2D eigenvalue weighted by molar-refractivity contribution is 5.69. The Bertz CT molecular complexity index is 493.